The Bertz CT molecular complexity index is 257. The van der Waals surface area contributed by atoms with Crippen molar-refractivity contribution in [1.29, 1.82) is 0 Å². The van der Waals surface area contributed by atoms with Crippen LogP contribution in [-0.4, -0.2) is 51.3 Å². The molecule has 0 aromatic carbocycles. The van der Waals surface area contributed by atoms with Crippen LogP contribution >= 0.6 is 0 Å². The number of hydrogen-bond donors (Lipinski definition) is 1. The van der Waals surface area contributed by atoms with E-state index in [1.54, 1.807) is 0 Å². The van der Waals surface area contributed by atoms with Gasteiger partial charge in [-0.15, -0.1) is 0 Å². The zero-order valence-corrected chi connectivity index (χ0v) is 14.4. The molecule has 0 aliphatic carbocycles. The molecule has 0 amide bonds. The molecule has 2 atom stereocenters. The van der Waals surface area contributed by atoms with Crippen LogP contribution in [0.25, 0.3) is 0 Å². The van der Waals surface area contributed by atoms with Gasteiger partial charge in [0.25, 0.3) is 0 Å². The van der Waals surface area contributed by atoms with Crippen molar-refractivity contribution in [3.63, 3.8) is 0 Å². The Kier molecular flexibility index (Phi) is 8.08. The molecule has 0 saturated carbocycles. The van der Waals surface area contributed by atoms with Gasteiger partial charge in [0, 0.05) is 26.7 Å². The second kappa shape index (κ2) is 9.01. The van der Waals surface area contributed by atoms with Gasteiger partial charge in [-0.05, 0) is 43.2 Å². The fourth-order valence-corrected chi connectivity index (χ4v) is 3.46. The van der Waals surface area contributed by atoms with E-state index in [-0.39, 0.29) is 0 Å². The molecule has 120 valence electrons. The first-order valence-electron chi connectivity index (χ1n) is 8.41. The number of nitrogens with zero attached hydrogens (tertiary/aromatic N) is 1. The molecular weight excluding hydrogens is 248 g/mol. The van der Waals surface area contributed by atoms with E-state index in [2.05, 4.69) is 37.9 Å². The quantitative estimate of drug-likeness (QED) is 0.667. The van der Waals surface area contributed by atoms with Crippen molar-refractivity contribution in [2.45, 2.75) is 47.0 Å². The molecule has 1 rings (SSSR count). The Balaban J connectivity index is 2.41. The van der Waals surface area contributed by atoms with Gasteiger partial charge >= 0.3 is 0 Å². The summed E-state index contributed by atoms with van der Waals surface area (Å²) in [6.07, 6.45) is 3.88. The standard InChI is InChI=1S/C17H36N2O/c1-6-8-17(4,13-18-10-15(2)3)14-19-9-7-16(11-19)12-20-5/h15-16,18H,6-14H2,1-5H3. The van der Waals surface area contributed by atoms with Gasteiger partial charge in [0.15, 0.2) is 0 Å². The maximum atomic E-state index is 5.30. The van der Waals surface area contributed by atoms with Crippen LogP contribution in [0.4, 0.5) is 0 Å². The van der Waals surface area contributed by atoms with E-state index in [0.717, 1.165) is 31.5 Å². The van der Waals surface area contributed by atoms with Crippen LogP contribution in [-0.2, 0) is 4.74 Å². The first kappa shape index (κ1) is 17.9. The largest absolute Gasteiger partial charge is 0.384 e. The van der Waals surface area contributed by atoms with Crippen molar-refractivity contribution in [3.8, 4) is 0 Å². The van der Waals surface area contributed by atoms with Gasteiger partial charge in [0.1, 0.15) is 0 Å². The van der Waals surface area contributed by atoms with Gasteiger partial charge in [0.2, 0.25) is 0 Å². The number of hydrogen-bond acceptors (Lipinski definition) is 3. The summed E-state index contributed by atoms with van der Waals surface area (Å²) in [6, 6.07) is 0. The summed E-state index contributed by atoms with van der Waals surface area (Å²) in [5.41, 5.74) is 0.408. The van der Waals surface area contributed by atoms with Gasteiger partial charge in [-0.25, -0.2) is 0 Å². The molecule has 3 nitrogen and oxygen atoms in total. The predicted octanol–water partition coefficient (Wildman–Crippen LogP) is 3.01. The van der Waals surface area contributed by atoms with Crippen LogP contribution in [0.2, 0.25) is 0 Å². The number of rotatable bonds is 10. The molecule has 1 saturated heterocycles. The lowest BCUT2D eigenvalue weighted by atomic mass is 9.84. The first-order valence-corrected chi connectivity index (χ1v) is 8.41. The number of methoxy groups -OCH3 is 1. The van der Waals surface area contributed by atoms with Crippen LogP contribution in [0.15, 0.2) is 0 Å². The van der Waals surface area contributed by atoms with Crippen molar-refractivity contribution >= 4 is 0 Å². The summed E-state index contributed by atoms with van der Waals surface area (Å²) >= 11 is 0. The Morgan fingerprint density at radius 2 is 2.15 bits per heavy atom. The Hall–Kier alpha value is -0.120. The van der Waals surface area contributed by atoms with Gasteiger partial charge in [0.05, 0.1) is 6.61 Å². The summed E-state index contributed by atoms with van der Waals surface area (Å²) in [7, 11) is 1.82. The third-order valence-corrected chi connectivity index (χ3v) is 4.34. The third kappa shape index (κ3) is 6.55. The van der Waals surface area contributed by atoms with Gasteiger partial charge in [-0.1, -0.05) is 34.1 Å². The zero-order chi connectivity index (χ0) is 15.0. The minimum atomic E-state index is 0.408. The molecule has 0 spiro atoms. The minimum Gasteiger partial charge on any atom is -0.384 e. The van der Waals surface area contributed by atoms with E-state index >= 15 is 0 Å². The number of likely N-dealkylation sites (tertiary alicyclic amines) is 1. The van der Waals surface area contributed by atoms with E-state index in [4.69, 9.17) is 4.74 Å². The molecule has 0 bridgehead atoms. The lowest BCUT2D eigenvalue weighted by molar-refractivity contribution is 0.137. The van der Waals surface area contributed by atoms with Crippen LogP contribution in [0.1, 0.15) is 47.0 Å². The summed E-state index contributed by atoms with van der Waals surface area (Å²) in [6.45, 7) is 16.2. The summed E-state index contributed by atoms with van der Waals surface area (Å²) < 4.78 is 5.30. The highest BCUT2D eigenvalue weighted by molar-refractivity contribution is 4.85. The normalized spacial score (nSPS) is 23.4. The van der Waals surface area contributed by atoms with Crippen LogP contribution in [0.3, 0.4) is 0 Å². The van der Waals surface area contributed by atoms with Crippen molar-refractivity contribution in [1.82, 2.24) is 10.2 Å². The molecule has 20 heavy (non-hydrogen) atoms. The molecule has 1 fully saturated rings. The van der Waals surface area contributed by atoms with Crippen molar-refractivity contribution in [2.75, 3.05) is 46.4 Å². The van der Waals surface area contributed by atoms with Gasteiger partial charge < -0.3 is 15.0 Å². The van der Waals surface area contributed by atoms with Gasteiger partial charge in [-0.3, -0.25) is 0 Å². The van der Waals surface area contributed by atoms with E-state index in [0.29, 0.717) is 5.41 Å². The minimum absolute atomic E-state index is 0.408. The Labute approximate surface area is 126 Å². The fraction of sp³-hybridized carbons (Fsp3) is 1.00. The molecular formula is C17H36N2O. The number of nitrogens with one attached hydrogen (secondary N) is 1. The molecule has 3 heteroatoms. The fourth-order valence-electron chi connectivity index (χ4n) is 3.46. The predicted molar refractivity (Wildman–Crippen MR) is 87.1 cm³/mol. The molecule has 0 aromatic heterocycles. The van der Waals surface area contributed by atoms with Crippen molar-refractivity contribution in [3.05, 3.63) is 0 Å². The molecule has 1 aliphatic rings. The molecule has 0 radical (unpaired) electrons. The van der Waals surface area contributed by atoms with Crippen molar-refractivity contribution in [2.24, 2.45) is 17.3 Å². The average molecular weight is 284 g/mol. The summed E-state index contributed by atoms with van der Waals surface area (Å²) in [5.74, 6) is 1.48. The van der Waals surface area contributed by atoms with Crippen molar-refractivity contribution < 1.29 is 4.74 Å². The highest BCUT2D eigenvalue weighted by Crippen LogP contribution is 2.27. The Morgan fingerprint density at radius 3 is 2.75 bits per heavy atom. The SMILES string of the molecule is CCCC(C)(CNCC(C)C)CN1CCC(COC)C1. The van der Waals surface area contributed by atoms with E-state index in [9.17, 15) is 0 Å². The maximum Gasteiger partial charge on any atom is 0.0503 e. The zero-order valence-electron chi connectivity index (χ0n) is 14.4. The molecule has 2 unspecified atom stereocenters. The lowest BCUT2D eigenvalue weighted by Gasteiger charge is -2.34. The third-order valence-electron chi connectivity index (χ3n) is 4.34. The highest BCUT2D eigenvalue weighted by Gasteiger charge is 2.30. The molecule has 0 aromatic rings. The highest BCUT2D eigenvalue weighted by atomic mass is 16.5. The van der Waals surface area contributed by atoms with E-state index in [1.165, 1.54) is 38.9 Å². The summed E-state index contributed by atoms with van der Waals surface area (Å²) in [5, 5.41) is 3.67. The Morgan fingerprint density at radius 1 is 1.40 bits per heavy atom. The van der Waals surface area contributed by atoms with E-state index < -0.39 is 0 Å². The monoisotopic (exact) mass is 284 g/mol. The van der Waals surface area contributed by atoms with Gasteiger partial charge in [-0.2, -0.15) is 0 Å². The molecule has 1 N–H and O–H groups in total. The molecule has 1 heterocycles. The van der Waals surface area contributed by atoms with Crippen LogP contribution in [0, 0.1) is 17.3 Å². The lowest BCUT2D eigenvalue weighted by Crippen LogP contribution is -2.42. The average Bonchev–Trinajstić information content (AvgIpc) is 2.76. The molecule has 1 aliphatic heterocycles. The second-order valence-corrected chi connectivity index (χ2v) is 7.43. The summed E-state index contributed by atoms with van der Waals surface area (Å²) in [4.78, 5) is 2.65. The number of ether oxygens (including phenoxy) is 1. The second-order valence-electron chi connectivity index (χ2n) is 7.43. The maximum absolute atomic E-state index is 5.30. The first-order chi connectivity index (χ1) is 9.49. The van der Waals surface area contributed by atoms with Crippen LogP contribution < -0.4 is 5.32 Å². The van der Waals surface area contributed by atoms with Crippen LogP contribution in [0.5, 0.6) is 0 Å². The van der Waals surface area contributed by atoms with E-state index in [1.807, 2.05) is 7.11 Å². The topological polar surface area (TPSA) is 24.5 Å². The smallest absolute Gasteiger partial charge is 0.0503 e.